The number of aliphatic hydroxyl groups is 1. The molecule has 0 aromatic carbocycles. The molecule has 0 spiro atoms. The lowest BCUT2D eigenvalue weighted by atomic mass is 9.89. The van der Waals surface area contributed by atoms with Crippen molar-refractivity contribution in [2.24, 2.45) is 0 Å². The van der Waals surface area contributed by atoms with E-state index in [1.165, 1.54) is 0 Å². The minimum Gasteiger partial charge on any atom is -0.393 e. The Morgan fingerprint density at radius 1 is 1.59 bits per heavy atom. The molecule has 1 heterocycles. The summed E-state index contributed by atoms with van der Waals surface area (Å²) in [6.07, 6.45) is 1.90. The zero-order valence-electron chi connectivity index (χ0n) is 10.3. The number of aliphatic hydroxyl groups excluding tert-OH is 1. The van der Waals surface area contributed by atoms with Gasteiger partial charge in [0.2, 0.25) is 0 Å². The number of carbonyl (C=O) groups is 1. The summed E-state index contributed by atoms with van der Waals surface area (Å²) >= 11 is 0. The van der Waals surface area contributed by atoms with Crippen LogP contribution < -0.4 is 5.32 Å². The number of carbonyl (C=O) groups excluding carboxylic acids is 1. The lowest BCUT2D eigenvalue weighted by Gasteiger charge is -2.31. The van der Waals surface area contributed by atoms with Gasteiger partial charge in [0, 0.05) is 12.6 Å². The van der Waals surface area contributed by atoms with Gasteiger partial charge in [0.1, 0.15) is 5.69 Å². The number of amides is 1. The van der Waals surface area contributed by atoms with Crippen molar-refractivity contribution in [3.63, 3.8) is 0 Å². The standard InChI is InChI=1S/C12H19N3O2/c1-3-8-7-11(15(4-2)14-8)12(17)13-9-5-10(16)6-9/h7,9-10,16H,3-6H2,1-2H3,(H,13,17). The Hall–Kier alpha value is -1.36. The van der Waals surface area contributed by atoms with E-state index >= 15 is 0 Å². The van der Waals surface area contributed by atoms with E-state index in [-0.39, 0.29) is 18.1 Å². The van der Waals surface area contributed by atoms with E-state index in [2.05, 4.69) is 10.4 Å². The molecule has 1 saturated carbocycles. The zero-order valence-corrected chi connectivity index (χ0v) is 10.3. The smallest absolute Gasteiger partial charge is 0.269 e. The number of rotatable bonds is 4. The number of hydrogen-bond acceptors (Lipinski definition) is 3. The molecule has 1 aromatic heterocycles. The van der Waals surface area contributed by atoms with Crippen LogP contribution in [-0.2, 0) is 13.0 Å². The van der Waals surface area contributed by atoms with Crippen LogP contribution >= 0.6 is 0 Å². The number of aromatic nitrogens is 2. The van der Waals surface area contributed by atoms with E-state index in [4.69, 9.17) is 0 Å². The first kappa shape index (κ1) is 12.1. The lowest BCUT2D eigenvalue weighted by Crippen LogP contribution is -2.47. The van der Waals surface area contributed by atoms with Gasteiger partial charge in [0.15, 0.2) is 0 Å². The summed E-state index contributed by atoms with van der Waals surface area (Å²) in [4.78, 5) is 12.0. The molecule has 0 saturated heterocycles. The SMILES string of the molecule is CCc1cc(C(=O)NC2CC(O)C2)n(CC)n1. The number of nitrogens with zero attached hydrogens (tertiary/aromatic N) is 2. The fourth-order valence-electron chi connectivity index (χ4n) is 2.03. The first-order valence-electron chi connectivity index (χ1n) is 6.19. The Morgan fingerprint density at radius 3 is 2.82 bits per heavy atom. The van der Waals surface area contributed by atoms with Gasteiger partial charge in [-0.15, -0.1) is 0 Å². The van der Waals surface area contributed by atoms with Crippen molar-refractivity contribution in [2.45, 2.75) is 51.8 Å². The maximum absolute atomic E-state index is 12.0. The van der Waals surface area contributed by atoms with E-state index in [9.17, 15) is 9.90 Å². The van der Waals surface area contributed by atoms with Crippen LogP contribution in [0.3, 0.4) is 0 Å². The van der Waals surface area contributed by atoms with Crippen LogP contribution in [0, 0.1) is 0 Å². The summed E-state index contributed by atoms with van der Waals surface area (Å²) in [6.45, 7) is 4.68. The predicted molar refractivity (Wildman–Crippen MR) is 63.8 cm³/mol. The monoisotopic (exact) mass is 237 g/mol. The Morgan fingerprint density at radius 2 is 2.29 bits per heavy atom. The molecular weight excluding hydrogens is 218 g/mol. The number of hydrogen-bond donors (Lipinski definition) is 2. The highest BCUT2D eigenvalue weighted by atomic mass is 16.3. The average Bonchev–Trinajstić information content (AvgIpc) is 2.70. The van der Waals surface area contributed by atoms with Gasteiger partial charge in [0.25, 0.3) is 5.91 Å². The van der Waals surface area contributed by atoms with Crippen LogP contribution in [0.2, 0.25) is 0 Å². The van der Waals surface area contributed by atoms with Crippen molar-refractivity contribution in [1.29, 1.82) is 0 Å². The topological polar surface area (TPSA) is 67.2 Å². The lowest BCUT2D eigenvalue weighted by molar-refractivity contribution is 0.0558. The van der Waals surface area contributed by atoms with Gasteiger partial charge in [-0.2, -0.15) is 5.10 Å². The Balaban J connectivity index is 2.04. The first-order chi connectivity index (χ1) is 8.13. The van der Waals surface area contributed by atoms with Gasteiger partial charge >= 0.3 is 0 Å². The Kier molecular flexibility index (Phi) is 3.47. The Bertz CT molecular complexity index is 408. The minimum absolute atomic E-state index is 0.0871. The summed E-state index contributed by atoms with van der Waals surface area (Å²) in [5, 5.41) is 16.4. The second kappa shape index (κ2) is 4.87. The van der Waals surface area contributed by atoms with Crippen LogP contribution in [-0.4, -0.2) is 32.9 Å². The van der Waals surface area contributed by atoms with E-state index in [1.807, 2.05) is 19.9 Å². The summed E-state index contributed by atoms with van der Waals surface area (Å²) < 4.78 is 1.73. The average molecular weight is 237 g/mol. The highest BCUT2D eigenvalue weighted by Gasteiger charge is 2.29. The zero-order chi connectivity index (χ0) is 12.4. The molecule has 0 radical (unpaired) electrons. The van der Waals surface area contributed by atoms with Gasteiger partial charge in [0.05, 0.1) is 11.8 Å². The molecule has 5 heteroatoms. The highest BCUT2D eigenvalue weighted by Crippen LogP contribution is 2.20. The van der Waals surface area contributed by atoms with Gasteiger partial charge in [-0.1, -0.05) is 6.92 Å². The minimum atomic E-state index is -0.248. The first-order valence-corrected chi connectivity index (χ1v) is 6.19. The van der Waals surface area contributed by atoms with Crippen LogP contribution in [0.15, 0.2) is 6.07 Å². The molecule has 94 valence electrons. The van der Waals surface area contributed by atoms with Crippen molar-refractivity contribution >= 4 is 5.91 Å². The van der Waals surface area contributed by atoms with Crippen molar-refractivity contribution < 1.29 is 9.90 Å². The quantitative estimate of drug-likeness (QED) is 0.810. The van der Waals surface area contributed by atoms with Gasteiger partial charge in [-0.25, -0.2) is 0 Å². The largest absolute Gasteiger partial charge is 0.393 e. The maximum Gasteiger partial charge on any atom is 0.269 e. The molecule has 1 fully saturated rings. The molecule has 2 rings (SSSR count). The van der Waals surface area contributed by atoms with Crippen LogP contribution in [0.25, 0.3) is 0 Å². The molecule has 17 heavy (non-hydrogen) atoms. The molecule has 0 unspecified atom stereocenters. The molecule has 1 aliphatic carbocycles. The van der Waals surface area contributed by atoms with Crippen LogP contribution in [0.1, 0.15) is 42.9 Å². The summed E-state index contributed by atoms with van der Waals surface area (Å²) in [6, 6.07) is 1.95. The highest BCUT2D eigenvalue weighted by molar-refractivity contribution is 5.93. The molecule has 5 nitrogen and oxygen atoms in total. The third-order valence-corrected chi connectivity index (χ3v) is 3.17. The van der Waals surface area contributed by atoms with Crippen molar-refractivity contribution in [3.8, 4) is 0 Å². The van der Waals surface area contributed by atoms with Crippen molar-refractivity contribution in [1.82, 2.24) is 15.1 Å². The normalized spacial score (nSPS) is 23.2. The summed E-state index contributed by atoms with van der Waals surface area (Å²) in [7, 11) is 0. The number of nitrogens with one attached hydrogen (secondary N) is 1. The van der Waals surface area contributed by atoms with E-state index < -0.39 is 0 Å². The van der Waals surface area contributed by atoms with Crippen LogP contribution in [0.5, 0.6) is 0 Å². The number of aryl methyl sites for hydroxylation is 2. The fraction of sp³-hybridized carbons (Fsp3) is 0.667. The Labute approximate surface area is 101 Å². The molecule has 0 atom stereocenters. The van der Waals surface area contributed by atoms with Gasteiger partial charge in [-0.3, -0.25) is 9.48 Å². The predicted octanol–water partition coefficient (Wildman–Crippen LogP) is 0.718. The fourth-order valence-corrected chi connectivity index (χ4v) is 2.03. The second-order valence-electron chi connectivity index (χ2n) is 4.49. The van der Waals surface area contributed by atoms with E-state index in [0.29, 0.717) is 25.1 Å². The molecule has 1 aliphatic rings. The summed E-state index contributed by atoms with van der Waals surface area (Å²) in [5.41, 5.74) is 1.55. The third kappa shape index (κ3) is 2.49. The molecule has 2 N–H and O–H groups in total. The third-order valence-electron chi connectivity index (χ3n) is 3.17. The van der Waals surface area contributed by atoms with Crippen molar-refractivity contribution in [2.75, 3.05) is 0 Å². The molecule has 1 amide bonds. The van der Waals surface area contributed by atoms with Crippen LogP contribution in [0.4, 0.5) is 0 Å². The molecule has 1 aromatic rings. The summed E-state index contributed by atoms with van der Waals surface area (Å²) in [5.74, 6) is -0.0871. The van der Waals surface area contributed by atoms with E-state index in [1.54, 1.807) is 4.68 Å². The van der Waals surface area contributed by atoms with E-state index in [0.717, 1.165) is 12.1 Å². The van der Waals surface area contributed by atoms with Gasteiger partial charge < -0.3 is 10.4 Å². The van der Waals surface area contributed by atoms with Crippen molar-refractivity contribution in [3.05, 3.63) is 17.5 Å². The molecular formula is C12H19N3O2. The molecule has 0 bridgehead atoms. The second-order valence-corrected chi connectivity index (χ2v) is 4.49. The maximum atomic E-state index is 12.0. The van der Waals surface area contributed by atoms with Gasteiger partial charge in [-0.05, 0) is 32.3 Å². The molecule has 0 aliphatic heterocycles.